The monoisotopic (exact) mass is 282 g/mol. The minimum Gasteiger partial charge on any atom is -0.385 e. The zero-order valence-electron chi connectivity index (χ0n) is 11.5. The predicted octanol–water partition coefficient (Wildman–Crippen LogP) is 4.21. The van der Waals surface area contributed by atoms with E-state index in [0.29, 0.717) is 10.6 Å². The molecule has 0 bridgehead atoms. The molecule has 0 atom stereocenters. The number of benzene rings is 1. The second-order valence-corrected chi connectivity index (χ2v) is 5.16. The summed E-state index contributed by atoms with van der Waals surface area (Å²) in [7, 11) is 0. The van der Waals surface area contributed by atoms with Crippen LogP contribution in [0.5, 0.6) is 0 Å². The number of carbonyl (C=O) groups excluding carboxylic acids is 1. The summed E-state index contributed by atoms with van der Waals surface area (Å²) in [6.07, 6.45) is 7.60. The van der Waals surface area contributed by atoms with Crippen molar-refractivity contribution < 1.29 is 4.79 Å². The minimum atomic E-state index is -0.492. The number of rotatable bonds is 9. The Morgan fingerprint density at radius 2 is 1.89 bits per heavy atom. The fraction of sp³-hybridized carbons (Fsp3) is 0.533. The number of hydrogen-bond donors (Lipinski definition) is 2. The van der Waals surface area contributed by atoms with E-state index in [0.717, 1.165) is 18.7 Å². The summed E-state index contributed by atoms with van der Waals surface area (Å²) in [5, 5.41) is 3.69. The smallest absolute Gasteiger partial charge is 0.250 e. The van der Waals surface area contributed by atoms with Crippen LogP contribution >= 0.6 is 11.6 Å². The number of nitrogens with two attached hydrogens (primary N) is 1. The average Bonchev–Trinajstić information content (AvgIpc) is 2.39. The van der Waals surface area contributed by atoms with Gasteiger partial charge in [-0.3, -0.25) is 4.79 Å². The zero-order valence-corrected chi connectivity index (χ0v) is 12.3. The lowest BCUT2D eigenvalue weighted by Gasteiger charge is -2.08. The van der Waals surface area contributed by atoms with Gasteiger partial charge in [0, 0.05) is 12.2 Å². The Bertz CT molecular complexity index is 407. The Morgan fingerprint density at radius 3 is 2.58 bits per heavy atom. The lowest BCUT2D eigenvalue weighted by molar-refractivity contribution is 0.100. The molecule has 1 aromatic rings. The summed E-state index contributed by atoms with van der Waals surface area (Å²) >= 11 is 5.89. The molecular weight excluding hydrogens is 260 g/mol. The highest BCUT2D eigenvalue weighted by Crippen LogP contribution is 2.20. The summed E-state index contributed by atoms with van der Waals surface area (Å²) in [6, 6.07) is 5.28. The van der Waals surface area contributed by atoms with Crippen LogP contribution in [0.25, 0.3) is 0 Å². The summed E-state index contributed by atoms with van der Waals surface area (Å²) in [5.74, 6) is -0.492. The van der Waals surface area contributed by atoms with E-state index in [4.69, 9.17) is 17.3 Å². The fourth-order valence-corrected chi connectivity index (χ4v) is 2.17. The van der Waals surface area contributed by atoms with Gasteiger partial charge in [-0.1, -0.05) is 50.6 Å². The molecule has 0 aliphatic heterocycles. The Hall–Kier alpha value is -1.22. The van der Waals surface area contributed by atoms with Crippen LogP contribution in [0.3, 0.4) is 0 Å². The summed E-state index contributed by atoms with van der Waals surface area (Å²) in [4.78, 5) is 11.2. The SMILES string of the molecule is CCCCCCCCNc1ccc(Cl)c(C(N)=O)c1. The van der Waals surface area contributed by atoms with Gasteiger partial charge < -0.3 is 11.1 Å². The van der Waals surface area contributed by atoms with E-state index in [2.05, 4.69) is 12.2 Å². The molecule has 106 valence electrons. The number of carbonyl (C=O) groups is 1. The average molecular weight is 283 g/mol. The lowest BCUT2D eigenvalue weighted by atomic mass is 10.1. The van der Waals surface area contributed by atoms with Gasteiger partial charge >= 0.3 is 0 Å². The maximum Gasteiger partial charge on any atom is 0.250 e. The summed E-state index contributed by atoms with van der Waals surface area (Å²) in [6.45, 7) is 3.13. The van der Waals surface area contributed by atoms with Crippen LogP contribution in [-0.4, -0.2) is 12.5 Å². The second-order valence-electron chi connectivity index (χ2n) is 4.75. The molecule has 3 N–H and O–H groups in total. The minimum absolute atomic E-state index is 0.370. The molecule has 0 heterocycles. The van der Waals surface area contributed by atoms with E-state index in [9.17, 15) is 4.79 Å². The topological polar surface area (TPSA) is 55.1 Å². The van der Waals surface area contributed by atoms with Crippen molar-refractivity contribution in [3.05, 3.63) is 28.8 Å². The van der Waals surface area contributed by atoms with Gasteiger partial charge in [0.2, 0.25) is 5.91 Å². The first-order valence-electron chi connectivity index (χ1n) is 6.98. The zero-order chi connectivity index (χ0) is 14.1. The molecular formula is C15H23ClN2O. The maximum absolute atomic E-state index is 11.2. The molecule has 0 fully saturated rings. The second kappa shape index (κ2) is 8.81. The van der Waals surface area contributed by atoms with E-state index in [1.54, 1.807) is 12.1 Å². The maximum atomic E-state index is 11.2. The first-order chi connectivity index (χ1) is 9.15. The highest BCUT2D eigenvalue weighted by molar-refractivity contribution is 6.33. The molecule has 19 heavy (non-hydrogen) atoms. The van der Waals surface area contributed by atoms with Crippen LogP contribution < -0.4 is 11.1 Å². The van der Waals surface area contributed by atoms with Crippen molar-refractivity contribution >= 4 is 23.2 Å². The third kappa shape index (κ3) is 5.97. The molecule has 0 radical (unpaired) electrons. The van der Waals surface area contributed by atoms with E-state index in [-0.39, 0.29) is 0 Å². The highest BCUT2D eigenvalue weighted by Gasteiger charge is 2.06. The quantitative estimate of drug-likeness (QED) is 0.667. The Labute approximate surface area is 120 Å². The Morgan fingerprint density at radius 1 is 1.21 bits per heavy atom. The number of unbranched alkanes of at least 4 members (excludes halogenated alkanes) is 5. The van der Waals surface area contributed by atoms with Crippen molar-refractivity contribution in [3.63, 3.8) is 0 Å². The number of halogens is 1. The van der Waals surface area contributed by atoms with Crippen LogP contribution in [0.15, 0.2) is 18.2 Å². The summed E-state index contributed by atoms with van der Waals surface area (Å²) in [5.41, 5.74) is 6.52. The van der Waals surface area contributed by atoms with Gasteiger partial charge in [-0.2, -0.15) is 0 Å². The predicted molar refractivity (Wildman–Crippen MR) is 81.8 cm³/mol. The standard InChI is InChI=1S/C15H23ClN2O/c1-2-3-4-5-6-7-10-18-12-8-9-14(16)13(11-12)15(17)19/h8-9,11,18H,2-7,10H2,1H3,(H2,17,19). The third-order valence-electron chi connectivity index (χ3n) is 3.09. The van der Waals surface area contributed by atoms with Gasteiger partial charge in [0.15, 0.2) is 0 Å². The van der Waals surface area contributed by atoms with Gasteiger partial charge in [0.25, 0.3) is 0 Å². The van der Waals surface area contributed by atoms with Crippen molar-refractivity contribution in [2.24, 2.45) is 5.73 Å². The van der Waals surface area contributed by atoms with Crippen molar-refractivity contribution in [3.8, 4) is 0 Å². The molecule has 0 unspecified atom stereocenters. The number of anilines is 1. The van der Waals surface area contributed by atoms with Gasteiger partial charge in [0.1, 0.15) is 0 Å². The van der Waals surface area contributed by atoms with E-state index in [1.807, 2.05) is 6.07 Å². The van der Waals surface area contributed by atoms with Gasteiger partial charge in [0.05, 0.1) is 10.6 Å². The molecule has 3 nitrogen and oxygen atoms in total. The van der Waals surface area contributed by atoms with Crippen LogP contribution in [0, 0.1) is 0 Å². The number of hydrogen-bond acceptors (Lipinski definition) is 2. The van der Waals surface area contributed by atoms with Gasteiger partial charge in [-0.05, 0) is 24.6 Å². The Balaban J connectivity index is 2.30. The van der Waals surface area contributed by atoms with E-state index in [1.165, 1.54) is 32.1 Å². The molecule has 0 aliphatic rings. The van der Waals surface area contributed by atoms with Crippen molar-refractivity contribution in [1.82, 2.24) is 0 Å². The van der Waals surface area contributed by atoms with Crippen LogP contribution in [0.2, 0.25) is 5.02 Å². The lowest BCUT2D eigenvalue weighted by Crippen LogP contribution is -2.12. The molecule has 0 aromatic heterocycles. The van der Waals surface area contributed by atoms with E-state index >= 15 is 0 Å². The largest absolute Gasteiger partial charge is 0.385 e. The van der Waals surface area contributed by atoms with Gasteiger partial charge in [-0.25, -0.2) is 0 Å². The Kier molecular flexibility index (Phi) is 7.34. The van der Waals surface area contributed by atoms with Crippen molar-refractivity contribution in [2.45, 2.75) is 45.4 Å². The normalized spacial score (nSPS) is 10.4. The molecule has 0 saturated carbocycles. The molecule has 1 amide bonds. The fourth-order valence-electron chi connectivity index (χ4n) is 1.96. The number of amides is 1. The molecule has 0 aliphatic carbocycles. The number of primary amides is 1. The van der Waals surface area contributed by atoms with Gasteiger partial charge in [-0.15, -0.1) is 0 Å². The third-order valence-corrected chi connectivity index (χ3v) is 3.42. The van der Waals surface area contributed by atoms with Crippen molar-refractivity contribution in [2.75, 3.05) is 11.9 Å². The van der Waals surface area contributed by atoms with Crippen LogP contribution in [-0.2, 0) is 0 Å². The molecule has 0 saturated heterocycles. The molecule has 1 aromatic carbocycles. The first kappa shape index (κ1) is 15.8. The first-order valence-corrected chi connectivity index (χ1v) is 7.36. The van der Waals surface area contributed by atoms with Crippen molar-refractivity contribution in [1.29, 1.82) is 0 Å². The van der Waals surface area contributed by atoms with E-state index < -0.39 is 5.91 Å². The number of nitrogens with one attached hydrogen (secondary N) is 1. The summed E-state index contributed by atoms with van der Waals surface area (Å²) < 4.78 is 0. The molecule has 4 heteroatoms. The molecule has 0 spiro atoms. The highest BCUT2D eigenvalue weighted by atomic mass is 35.5. The van der Waals surface area contributed by atoms with Crippen LogP contribution in [0.4, 0.5) is 5.69 Å². The molecule has 1 rings (SSSR count). The van der Waals surface area contributed by atoms with Crippen LogP contribution in [0.1, 0.15) is 55.8 Å².